The summed E-state index contributed by atoms with van der Waals surface area (Å²) < 4.78 is 5.22. The molecule has 31 heavy (non-hydrogen) atoms. The summed E-state index contributed by atoms with van der Waals surface area (Å²) in [5, 5.41) is 5.51. The van der Waals surface area contributed by atoms with Gasteiger partial charge in [-0.3, -0.25) is 9.59 Å². The van der Waals surface area contributed by atoms with Gasteiger partial charge < -0.3 is 20.3 Å². The molecule has 0 bridgehead atoms. The van der Waals surface area contributed by atoms with E-state index in [0.717, 1.165) is 16.7 Å². The van der Waals surface area contributed by atoms with E-state index in [1.165, 1.54) is 4.90 Å². The van der Waals surface area contributed by atoms with Crippen LogP contribution in [-0.2, 0) is 14.3 Å². The zero-order valence-corrected chi connectivity index (χ0v) is 20.5. The third-order valence-corrected chi connectivity index (χ3v) is 4.19. The molecule has 7 nitrogen and oxygen atoms in total. The third-order valence-electron chi connectivity index (χ3n) is 4.19. The molecule has 7 heteroatoms. The van der Waals surface area contributed by atoms with E-state index >= 15 is 0 Å². The van der Waals surface area contributed by atoms with Crippen LogP contribution >= 0.6 is 0 Å². The Morgan fingerprint density at radius 3 is 2.00 bits per heavy atom. The summed E-state index contributed by atoms with van der Waals surface area (Å²) in [6.07, 6.45) is 0.00169. The van der Waals surface area contributed by atoms with Crippen LogP contribution in [0.15, 0.2) is 18.2 Å². The molecule has 2 N–H and O–H groups in total. The van der Waals surface area contributed by atoms with Crippen LogP contribution < -0.4 is 10.6 Å². The van der Waals surface area contributed by atoms with Crippen LogP contribution in [0.1, 0.15) is 77.6 Å². The third kappa shape index (κ3) is 9.40. The number of amides is 3. The molecule has 1 aromatic carbocycles. The molecule has 0 aliphatic heterocycles. The molecule has 1 rings (SSSR count). The van der Waals surface area contributed by atoms with Crippen molar-refractivity contribution in [2.45, 2.75) is 85.9 Å². The molecule has 0 aliphatic rings. The molecule has 0 radical (unpaired) electrons. The fourth-order valence-corrected chi connectivity index (χ4v) is 3.28. The number of rotatable bonds is 7. The highest BCUT2D eigenvalue weighted by Gasteiger charge is 2.33. The number of nitrogens with zero attached hydrogens (tertiary/aromatic N) is 1. The molecule has 0 heterocycles. The number of nitrogens with one attached hydrogen (secondary N) is 2. The molecule has 0 fully saturated rings. The lowest BCUT2D eigenvalue weighted by Crippen LogP contribution is -2.51. The van der Waals surface area contributed by atoms with Crippen molar-refractivity contribution in [3.63, 3.8) is 0 Å². The van der Waals surface area contributed by atoms with Gasteiger partial charge in [-0.15, -0.1) is 0 Å². The average molecular weight is 434 g/mol. The molecule has 0 saturated heterocycles. The van der Waals surface area contributed by atoms with E-state index in [1.807, 2.05) is 59.7 Å². The largest absolute Gasteiger partial charge is 0.444 e. The lowest BCUT2D eigenvalue weighted by molar-refractivity contribution is -0.141. The Balaban J connectivity index is 3.24. The molecule has 1 atom stereocenters. The second kappa shape index (κ2) is 10.6. The Labute approximate surface area is 186 Å². The quantitative estimate of drug-likeness (QED) is 0.680. The lowest BCUT2D eigenvalue weighted by Gasteiger charge is -2.34. The standard InChI is InChI=1S/C24H39N3O4/c1-10-11-27(19(28)15-25-22(30)31-24(7,8)9)20(21(29)26-23(4,5)6)18-13-16(2)12-17(3)14-18/h12-14,20H,10-11,15H2,1-9H3,(H,25,30)(H,26,29). The van der Waals surface area contributed by atoms with Gasteiger partial charge in [0.05, 0.1) is 0 Å². The molecule has 1 aromatic rings. The highest BCUT2D eigenvalue weighted by molar-refractivity contribution is 5.90. The van der Waals surface area contributed by atoms with E-state index in [9.17, 15) is 14.4 Å². The highest BCUT2D eigenvalue weighted by Crippen LogP contribution is 2.25. The first-order valence-corrected chi connectivity index (χ1v) is 10.8. The number of benzene rings is 1. The lowest BCUT2D eigenvalue weighted by atomic mass is 9.97. The number of hydrogen-bond acceptors (Lipinski definition) is 4. The summed E-state index contributed by atoms with van der Waals surface area (Å²) in [7, 11) is 0. The fraction of sp³-hybridized carbons (Fsp3) is 0.625. The summed E-state index contributed by atoms with van der Waals surface area (Å²) >= 11 is 0. The summed E-state index contributed by atoms with van der Waals surface area (Å²) in [5.41, 5.74) is 1.66. The van der Waals surface area contributed by atoms with E-state index in [0.29, 0.717) is 13.0 Å². The van der Waals surface area contributed by atoms with Crippen molar-refractivity contribution in [3.8, 4) is 0 Å². The maximum absolute atomic E-state index is 13.3. The van der Waals surface area contributed by atoms with Gasteiger partial charge in [0.2, 0.25) is 11.8 Å². The fourth-order valence-electron chi connectivity index (χ4n) is 3.28. The molecular formula is C24H39N3O4. The van der Waals surface area contributed by atoms with Crippen molar-refractivity contribution >= 4 is 17.9 Å². The number of alkyl carbamates (subject to hydrolysis) is 1. The van der Waals surface area contributed by atoms with Crippen LogP contribution in [0.4, 0.5) is 4.79 Å². The SMILES string of the molecule is CCCN(C(=O)CNC(=O)OC(C)(C)C)C(C(=O)NC(C)(C)C)c1cc(C)cc(C)c1. The minimum Gasteiger partial charge on any atom is -0.444 e. The average Bonchev–Trinajstić information content (AvgIpc) is 2.55. The zero-order valence-electron chi connectivity index (χ0n) is 20.5. The Morgan fingerprint density at radius 2 is 1.55 bits per heavy atom. The molecule has 0 saturated carbocycles. The van der Waals surface area contributed by atoms with E-state index in [4.69, 9.17) is 4.74 Å². The van der Waals surface area contributed by atoms with Crippen molar-refractivity contribution in [1.29, 1.82) is 0 Å². The molecule has 0 spiro atoms. The number of ether oxygens (including phenoxy) is 1. The molecule has 1 unspecified atom stereocenters. The van der Waals surface area contributed by atoms with Gasteiger partial charge in [-0.05, 0) is 67.4 Å². The van der Waals surface area contributed by atoms with Gasteiger partial charge in [-0.1, -0.05) is 36.2 Å². The van der Waals surface area contributed by atoms with Crippen molar-refractivity contribution in [2.75, 3.05) is 13.1 Å². The summed E-state index contributed by atoms with van der Waals surface area (Å²) in [6.45, 7) is 17.0. The van der Waals surface area contributed by atoms with Crippen molar-refractivity contribution in [1.82, 2.24) is 15.5 Å². The minimum absolute atomic E-state index is 0.251. The molecule has 0 aliphatic carbocycles. The van der Waals surface area contributed by atoms with Crippen LogP contribution in [0, 0.1) is 13.8 Å². The summed E-state index contributed by atoms with van der Waals surface area (Å²) in [4.78, 5) is 40.0. The Morgan fingerprint density at radius 1 is 1.00 bits per heavy atom. The van der Waals surface area contributed by atoms with Crippen LogP contribution in [0.25, 0.3) is 0 Å². The van der Waals surface area contributed by atoms with Crippen LogP contribution in [0.2, 0.25) is 0 Å². The Bertz CT molecular complexity index is 771. The van der Waals surface area contributed by atoms with Crippen molar-refractivity contribution in [2.24, 2.45) is 0 Å². The number of carbonyl (C=O) groups excluding carboxylic acids is 3. The van der Waals surface area contributed by atoms with Crippen LogP contribution in [0.5, 0.6) is 0 Å². The summed E-state index contributed by atoms with van der Waals surface area (Å²) in [5.74, 6) is -0.600. The van der Waals surface area contributed by atoms with E-state index in [-0.39, 0.29) is 18.4 Å². The first kappa shape index (κ1) is 26.5. The molecule has 174 valence electrons. The Hall–Kier alpha value is -2.57. The predicted molar refractivity (Wildman–Crippen MR) is 123 cm³/mol. The molecule has 0 aromatic heterocycles. The maximum atomic E-state index is 13.3. The monoisotopic (exact) mass is 433 g/mol. The van der Waals surface area contributed by atoms with Gasteiger partial charge in [0.1, 0.15) is 18.2 Å². The van der Waals surface area contributed by atoms with Crippen LogP contribution in [0.3, 0.4) is 0 Å². The van der Waals surface area contributed by atoms with Gasteiger partial charge in [0.25, 0.3) is 0 Å². The number of carbonyl (C=O) groups is 3. The number of hydrogen-bond donors (Lipinski definition) is 2. The summed E-state index contributed by atoms with van der Waals surface area (Å²) in [6, 6.07) is 5.08. The molecular weight excluding hydrogens is 394 g/mol. The zero-order chi connectivity index (χ0) is 24.0. The Kier molecular flexibility index (Phi) is 9.09. The predicted octanol–water partition coefficient (Wildman–Crippen LogP) is 4.02. The van der Waals surface area contributed by atoms with E-state index in [2.05, 4.69) is 10.6 Å². The molecule has 3 amide bonds. The normalized spacial score (nSPS) is 12.7. The van der Waals surface area contributed by atoms with E-state index < -0.39 is 23.3 Å². The van der Waals surface area contributed by atoms with Gasteiger partial charge >= 0.3 is 6.09 Å². The smallest absolute Gasteiger partial charge is 0.408 e. The van der Waals surface area contributed by atoms with Gasteiger partial charge in [0.15, 0.2) is 0 Å². The van der Waals surface area contributed by atoms with Crippen LogP contribution in [-0.4, -0.2) is 47.0 Å². The first-order chi connectivity index (χ1) is 14.1. The van der Waals surface area contributed by atoms with Crippen molar-refractivity contribution in [3.05, 3.63) is 34.9 Å². The van der Waals surface area contributed by atoms with Crippen molar-refractivity contribution < 1.29 is 19.1 Å². The highest BCUT2D eigenvalue weighted by atomic mass is 16.6. The van der Waals surface area contributed by atoms with Gasteiger partial charge in [-0.25, -0.2) is 4.79 Å². The maximum Gasteiger partial charge on any atom is 0.408 e. The van der Waals surface area contributed by atoms with Gasteiger partial charge in [0, 0.05) is 12.1 Å². The second-order valence-corrected chi connectivity index (χ2v) is 10.0. The van der Waals surface area contributed by atoms with E-state index in [1.54, 1.807) is 20.8 Å². The first-order valence-electron chi connectivity index (χ1n) is 10.8. The number of aryl methyl sites for hydroxylation is 2. The second-order valence-electron chi connectivity index (χ2n) is 10.0. The topological polar surface area (TPSA) is 87.7 Å². The van der Waals surface area contributed by atoms with Gasteiger partial charge in [-0.2, -0.15) is 0 Å². The minimum atomic E-state index is -0.800.